The zero-order chi connectivity index (χ0) is 9.61. The molecule has 0 aliphatic heterocycles. The van der Waals surface area contributed by atoms with Crippen molar-refractivity contribution in [2.75, 3.05) is 0 Å². The van der Waals surface area contributed by atoms with Crippen LogP contribution in [0, 0.1) is 0 Å². The first kappa shape index (κ1) is 11.3. The summed E-state index contributed by atoms with van der Waals surface area (Å²) in [7, 11) is 0. The highest BCUT2D eigenvalue weighted by Crippen LogP contribution is 2.23. The van der Waals surface area contributed by atoms with Crippen molar-refractivity contribution in [1.82, 2.24) is 4.90 Å². The van der Waals surface area contributed by atoms with E-state index < -0.39 is 0 Å². The summed E-state index contributed by atoms with van der Waals surface area (Å²) in [5.74, 6) is 0. The molecule has 1 heteroatoms. The molecule has 12 heavy (non-hydrogen) atoms. The van der Waals surface area contributed by atoms with Crippen LogP contribution in [0.25, 0.3) is 0 Å². The van der Waals surface area contributed by atoms with Gasteiger partial charge in [0.05, 0.1) is 0 Å². The number of allylic oxidation sites excluding steroid dienone is 1. The summed E-state index contributed by atoms with van der Waals surface area (Å²) in [6.07, 6.45) is 8.30. The maximum atomic E-state index is 3.82. The first-order valence-electron chi connectivity index (χ1n) is 4.68. The van der Waals surface area contributed by atoms with Gasteiger partial charge in [0.2, 0.25) is 0 Å². The summed E-state index contributed by atoms with van der Waals surface area (Å²) >= 11 is 0. The van der Waals surface area contributed by atoms with E-state index in [2.05, 4.69) is 38.5 Å². The van der Waals surface area contributed by atoms with Crippen molar-refractivity contribution < 1.29 is 0 Å². The Bertz CT molecular complexity index is 154. The molecule has 0 aliphatic rings. The predicted octanol–water partition coefficient (Wildman–Crippen LogP) is 3.54. The van der Waals surface area contributed by atoms with Crippen molar-refractivity contribution in [3.63, 3.8) is 0 Å². The number of nitrogens with zero attached hydrogens (tertiary/aromatic N) is 1. The second-order valence-corrected chi connectivity index (χ2v) is 3.28. The molecule has 0 saturated carbocycles. The largest absolute Gasteiger partial charge is 0.349 e. The van der Waals surface area contributed by atoms with Crippen molar-refractivity contribution in [3.8, 4) is 0 Å². The number of hydrogen-bond acceptors (Lipinski definition) is 1. The Kier molecular flexibility index (Phi) is 4.72. The Morgan fingerprint density at radius 2 is 1.83 bits per heavy atom. The third-order valence-corrected chi connectivity index (χ3v) is 2.65. The Morgan fingerprint density at radius 1 is 1.33 bits per heavy atom. The fourth-order valence-corrected chi connectivity index (χ4v) is 1.24. The van der Waals surface area contributed by atoms with E-state index in [0.29, 0.717) is 0 Å². The molecule has 0 amide bonds. The van der Waals surface area contributed by atoms with Gasteiger partial charge in [0.25, 0.3) is 0 Å². The van der Waals surface area contributed by atoms with Crippen LogP contribution in [0.4, 0.5) is 0 Å². The SMILES string of the molecule is C=CN(/C=C\C)C(C)(CC)CC. The molecule has 0 heterocycles. The van der Waals surface area contributed by atoms with Gasteiger partial charge < -0.3 is 4.90 Å². The molecule has 0 aromatic carbocycles. The van der Waals surface area contributed by atoms with Crippen molar-refractivity contribution in [3.05, 3.63) is 25.1 Å². The Labute approximate surface area is 76.8 Å². The third kappa shape index (κ3) is 2.40. The molecule has 0 aromatic rings. The fourth-order valence-electron chi connectivity index (χ4n) is 1.24. The first-order chi connectivity index (χ1) is 5.64. The van der Waals surface area contributed by atoms with E-state index in [1.807, 2.05) is 19.2 Å². The zero-order valence-electron chi connectivity index (χ0n) is 8.80. The maximum absolute atomic E-state index is 3.82. The molecule has 0 bridgehead atoms. The second kappa shape index (κ2) is 5.02. The molecule has 70 valence electrons. The monoisotopic (exact) mass is 167 g/mol. The molecule has 0 rings (SSSR count). The van der Waals surface area contributed by atoms with E-state index in [-0.39, 0.29) is 5.54 Å². The molecule has 0 unspecified atom stereocenters. The van der Waals surface area contributed by atoms with Gasteiger partial charge in [-0.2, -0.15) is 0 Å². The molecule has 0 aliphatic carbocycles. The van der Waals surface area contributed by atoms with E-state index in [9.17, 15) is 0 Å². The van der Waals surface area contributed by atoms with Crippen molar-refractivity contribution in [2.45, 2.75) is 46.1 Å². The lowest BCUT2D eigenvalue weighted by atomic mass is 9.94. The van der Waals surface area contributed by atoms with Crippen LogP contribution < -0.4 is 0 Å². The van der Waals surface area contributed by atoms with Crippen LogP contribution in [-0.2, 0) is 0 Å². The van der Waals surface area contributed by atoms with Crippen LogP contribution in [0.5, 0.6) is 0 Å². The highest BCUT2D eigenvalue weighted by molar-refractivity contribution is 4.97. The molecule has 0 fully saturated rings. The quantitative estimate of drug-likeness (QED) is 0.605. The van der Waals surface area contributed by atoms with Gasteiger partial charge in [0, 0.05) is 5.54 Å². The van der Waals surface area contributed by atoms with Crippen molar-refractivity contribution >= 4 is 0 Å². The van der Waals surface area contributed by atoms with Gasteiger partial charge in [-0.15, -0.1) is 0 Å². The molecule has 0 atom stereocenters. The highest BCUT2D eigenvalue weighted by atomic mass is 15.2. The summed E-state index contributed by atoms with van der Waals surface area (Å²) in [5.41, 5.74) is 0.230. The molecular formula is C11H21N. The molecule has 0 aromatic heterocycles. The van der Waals surface area contributed by atoms with Gasteiger partial charge in [-0.1, -0.05) is 26.5 Å². The molecular weight excluding hydrogens is 146 g/mol. The lowest BCUT2D eigenvalue weighted by Crippen LogP contribution is -2.38. The van der Waals surface area contributed by atoms with Gasteiger partial charge >= 0.3 is 0 Å². The van der Waals surface area contributed by atoms with E-state index in [0.717, 1.165) is 12.8 Å². The van der Waals surface area contributed by atoms with Gasteiger partial charge in [-0.3, -0.25) is 0 Å². The lowest BCUT2D eigenvalue weighted by Gasteiger charge is -2.37. The smallest absolute Gasteiger partial charge is 0.0406 e. The Balaban J connectivity index is 4.53. The number of rotatable bonds is 5. The molecule has 0 N–H and O–H groups in total. The van der Waals surface area contributed by atoms with Crippen LogP contribution in [0.2, 0.25) is 0 Å². The lowest BCUT2D eigenvalue weighted by molar-refractivity contribution is 0.211. The van der Waals surface area contributed by atoms with Crippen LogP contribution in [-0.4, -0.2) is 10.4 Å². The standard InChI is InChI=1S/C11H21N/c1-6-10-12(9-4)11(5,7-2)8-3/h6,9-10H,4,7-8H2,1-3,5H3/b10-6-. The van der Waals surface area contributed by atoms with E-state index in [4.69, 9.17) is 0 Å². The minimum absolute atomic E-state index is 0.230. The summed E-state index contributed by atoms with van der Waals surface area (Å²) in [6.45, 7) is 12.5. The highest BCUT2D eigenvalue weighted by Gasteiger charge is 2.23. The van der Waals surface area contributed by atoms with E-state index in [1.165, 1.54) is 0 Å². The normalized spacial score (nSPS) is 12.0. The van der Waals surface area contributed by atoms with Crippen LogP contribution in [0.15, 0.2) is 25.1 Å². The topological polar surface area (TPSA) is 3.24 Å². The van der Waals surface area contributed by atoms with Crippen LogP contribution >= 0.6 is 0 Å². The van der Waals surface area contributed by atoms with Gasteiger partial charge in [0.15, 0.2) is 0 Å². The minimum Gasteiger partial charge on any atom is -0.349 e. The van der Waals surface area contributed by atoms with Gasteiger partial charge in [0.1, 0.15) is 0 Å². The maximum Gasteiger partial charge on any atom is 0.0406 e. The van der Waals surface area contributed by atoms with Crippen LogP contribution in [0.3, 0.4) is 0 Å². The van der Waals surface area contributed by atoms with E-state index in [1.54, 1.807) is 0 Å². The third-order valence-electron chi connectivity index (χ3n) is 2.65. The van der Waals surface area contributed by atoms with Gasteiger partial charge in [-0.05, 0) is 39.1 Å². The minimum atomic E-state index is 0.230. The summed E-state index contributed by atoms with van der Waals surface area (Å²) in [6, 6.07) is 0. The zero-order valence-corrected chi connectivity index (χ0v) is 8.80. The number of hydrogen-bond donors (Lipinski definition) is 0. The van der Waals surface area contributed by atoms with E-state index >= 15 is 0 Å². The average Bonchev–Trinajstić information content (AvgIpc) is 2.13. The van der Waals surface area contributed by atoms with Crippen LogP contribution in [0.1, 0.15) is 40.5 Å². The first-order valence-corrected chi connectivity index (χ1v) is 4.68. The molecule has 0 saturated heterocycles. The fraction of sp³-hybridized carbons (Fsp3) is 0.636. The predicted molar refractivity (Wildman–Crippen MR) is 55.8 cm³/mol. The summed E-state index contributed by atoms with van der Waals surface area (Å²) in [5, 5.41) is 0. The summed E-state index contributed by atoms with van der Waals surface area (Å²) < 4.78 is 0. The van der Waals surface area contributed by atoms with Crippen molar-refractivity contribution in [1.29, 1.82) is 0 Å². The Hall–Kier alpha value is -0.720. The van der Waals surface area contributed by atoms with Gasteiger partial charge in [-0.25, -0.2) is 0 Å². The molecule has 0 spiro atoms. The van der Waals surface area contributed by atoms with Crippen molar-refractivity contribution in [2.24, 2.45) is 0 Å². The Morgan fingerprint density at radius 3 is 2.08 bits per heavy atom. The summed E-state index contributed by atoms with van der Waals surface area (Å²) in [4.78, 5) is 2.19. The average molecular weight is 167 g/mol. The second-order valence-electron chi connectivity index (χ2n) is 3.28. The molecule has 0 radical (unpaired) electrons. The molecule has 1 nitrogen and oxygen atoms in total.